The number of pyridine rings is 2. The van der Waals surface area contributed by atoms with Gasteiger partial charge in [-0.2, -0.15) is 13.2 Å². The van der Waals surface area contributed by atoms with Crippen LogP contribution in [0.1, 0.15) is 67.0 Å². The highest BCUT2D eigenvalue weighted by Crippen LogP contribution is 2.47. The SMILES string of the molecule is CC[C@@]1(O)C(=O)CCc2c1cc1n(c2=O)Cc2c-1nc1cc(F)c(Cl)c3c1c2[C@@H](NC(=O)[C@H](C)C(F)(F)F)CC3. The van der Waals surface area contributed by atoms with E-state index in [2.05, 4.69) is 10.3 Å². The molecule has 3 aromatic rings. The fourth-order valence-corrected chi connectivity index (χ4v) is 6.57. The van der Waals surface area contributed by atoms with Crippen molar-refractivity contribution in [2.24, 2.45) is 5.92 Å². The topological polar surface area (TPSA) is 101 Å². The molecule has 40 heavy (non-hydrogen) atoms. The van der Waals surface area contributed by atoms with E-state index in [1.807, 2.05) is 0 Å². The molecular formula is C28H24ClF4N3O4. The molecule has 3 atom stereocenters. The fourth-order valence-electron chi connectivity index (χ4n) is 6.33. The number of amides is 1. The van der Waals surface area contributed by atoms with Gasteiger partial charge < -0.3 is 15.0 Å². The molecule has 0 spiro atoms. The van der Waals surface area contributed by atoms with Crippen LogP contribution in [0.15, 0.2) is 16.9 Å². The summed E-state index contributed by atoms with van der Waals surface area (Å²) in [5.41, 5.74) is 0.390. The Morgan fingerprint density at radius 1 is 1.23 bits per heavy atom. The zero-order chi connectivity index (χ0) is 28.9. The van der Waals surface area contributed by atoms with Crippen molar-refractivity contribution in [2.75, 3.05) is 0 Å². The van der Waals surface area contributed by atoms with Crippen LogP contribution in [0.4, 0.5) is 17.6 Å². The average molecular weight is 578 g/mol. The number of aliphatic hydroxyl groups is 1. The Bertz CT molecular complexity index is 1720. The number of alkyl halides is 3. The third kappa shape index (κ3) is 3.66. The first-order chi connectivity index (χ1) is 18.8. The summed E-state index contributed by atoms with van der Waals surface area (Å²) in [5.74, 6) is -4.58. The number of Topliss-reactive ketones (excluding diaryl/α,β-unsaturated/α-hetero) is 1. The highest BCUT2D eigenvalue weighted by molar-refractivity contribution is 6.32. The van der Waals surface area contributed by atoms with Crippen molar-refractivity contribution in [2.45, 2.75) is 70.3 Å². The number of aromatic nitrogens is 2. The number of benzene rings is 1. The van der Waals surface area contributed by atoms with Gasteiger partial charge in [0.05, 0.1) is 34.5 Å². The number of fused-ring (bicyclic) bond motifs is 5. The summed E-state index contributed by atoms with van der Waals surface area (Å²) < 4.78 is 56.2. The third-order valence-electron chi connectivity index (χ3n) is 8.62. The number of halogens is 5. The molecule has 210 valence electrons. The van der Waals surface area contributed by atoms with Gasteiger partial charge in [-0.1, -0.05) is 18.5 Å². The van der Waals surface area contributed by atoms with Gasteiger partial charge in [-0.05, 0) is 49.8 Å². The van der Waals surface area contributed by atoms with Gasteiger partial charge in [-0.3, -0.25) is 14.4 Å². The normalized spacial score (nSPS) is 22.1. The molecule has 0 unspecified atom stereocenters. The number of hydrogen-bond acceptors (Lipinski definition) is 5. The lowest BCUT2D eigenvalue weighted by atomic mass is 9.77. The Labute approximate surface area is 230 Å². The van der Waals surface area contributed by atoms with Crippen LogP contribution >= 0.6 is 11.6 Å². The molecule has 3 aliphatic rings. The van der Waals surface area contributed by atoms with Gasteiger partial charge in [0, 0.05) is 34.6 Å². The summed E-state index contributed by atoms with van der Waals surface area (Å²) in [5, 5.41) is 14.1. The maximum atomic E-state index is 14.8. The molecule has 1 amide bonds. The summed E-state index contributed by atoms with van der Waals surface area (Å²) in [4.78, 5) is 43.6. The highest BCUT2D eigenvalue weighted by Gasteiger charge is 2.45. The van der Waals surface area contributed by atoms with E-state index >= 15 is 0 Å². The minimum Gasteiger partial charge on any atom is -0.377 e. The minimum absolute atomic E-state index is 0.00316. The Morgan fingerprint density at radius 3 is 2.62 bits per heavy atom. The third-order valence-corrected chi connectivity index (χ3v) is 9.03. The van der Waals surface area contributed by atoms with Crippen LogP contribution in [-0.2, 0) is 34.6 Å². The van der Waals surface area contributed by atoms with Crippen molar-refractivity contribution in [3.8, 4) is 11.4 Å². The summed E-state index contributed by atoms with van der Waals surface area (Å²) in [6, 6.07) is 1.81. The number of nitrogens with one attached hydrogen (secondary N) is 1. The Balaban J connectivity index is 1.60. The highest BCUT2D eigenvalue weighted by atomic mass is 35.5. The van der Waals surface area contributed by atoms with Crippen LogP contribution in [0.25, 0.3) is 22.3 Å². The number of hydrogen-bond donors (Lipinski definition) is 2. The van der Waals surface area contributed by atoms with Crippen molar-refractivity contribution in [1.29, 1.82) is 0 Å². The number of rotatable bonds is 3. The second-order valence-corrected chi connectivity index (χ2v) is 11.1. The van der Waals surface area contributed by atoms with Crippen molar-refractivity contribution in [3.05, 3.63) is 61.1 Å². The Hall–Kier alpha value is -3.31. The smallest absolute Gasteiger partial charge is 0.377 e. The van der Waals surface area contributed by atoms with Crippen LogP contribution < -0.4 is 10.9 Å². The van der Waals surface area contributed by atoms with Gasteiger partial charge in [0.25, 0.3) is 5.56 Å². The molecule has 0 bridgehead atoms. The number of nitrogens with zero attached hydrogens (tertiary/aromatic N) is 2. The summed E-state index contributed by atoms with van der Waals surface area (Å²) in [7, 11) is 0. The second kappa shape index (κ2) is 8.84. The molecule has 2 aliphatic carbocycles. The van der Waals surface area contributed by atoms with Gasteiger partial charge in [0.1, 0.15) is 17.3 Å². The first-order valence-electron chi connectivity index (χ1n) is 13.0. The number of carbonyl (C=O) groups is 2. The van der Waals surface area contributed by atoms with Crippen LogP contribution in [-0.4, -0.2) is 32.5 Å². The lowest BCUT2D eigenvalue weighted by molar-refractivity contribution is -0.179. The molecule has 12 heteroatoms. The zero-order valence-electron chi connectivity index (χ0n) is 21.5. The van der Waals surface area contributed by atoms with E-state index in [0.29, 0.717) is 33.3 Å². The van der Waals surface area contributed by atoms with E-state index in [1.165, 1.54) is 4.57 Å². The van der Waals surface area contributed by atoms with Gasteiger partial charge >= 0.3 is 6.18 Å². The van der Waals surface area contributed by atoms with E-state index in [9.17, 15) is 37.1 Å². The van der Waals surface area contributed by atoms with Gasteiger partial charge in [0.2, 0.25) is 5.91 Å². The molecule has 6 rings (SSSR count). The Morgan fingerprint density at radius 2 is 1.95 bits per heavy atom. The van der Waals surface area contributed by atoms with E-state index in [1.54, 1.807) is 13.0 Å². The minimum atomic E-state index is -4.74. The predicted octanol–water partition coefficient (Wildman–Crippen LogP) is 4.63. The predicted molar refractivity (Wildman–Crippen MR) is 137 cm³/mol. The zero-order valence-corrected chi connectivity index (χ0v) is 22.3. The molecule has 2 aromatic heterocycles. The molecule has 1 aliphatic heterocycles. The lowest BCUT2D eigenvalue weighted by Crippen LogP contribution is -2.43. The van der Waals surface area contributed by atoms with Crippen molar-refractivity contribution < 1.29 is 32.3 Å². The van der Waals surface area contributed by atoms with Crippen molar-refractivity contribution in [1.82, 2.24) is 14.9 Å². The van der Waals surface area contributed by atoms with Crippen LogP contribution in [0.5, 0.6) is 0 Å². The number of ketones is 1. The molecule has 1 aromatic carbocycles. The van der Waals surface area contributed by atoms with E-state index in [4.69, 9.17) is 11.6 Å². The molecule has 0 saturated carbocycles. The monoisotopic (exact) mass is 577 g/mol. The molecule has 2 N–H and O–H groups in total. The van der Waals surface area contributed by atoms with Crippen molar-refractivity contribution in [3.63, 3.8) is 0 Å². The van der Waals surface area contributed by atoms with Gasteiger partial charge in [0.15, 0.2) is 5.78 Å². The molecule has 0 saturated heterocycles. The molecule has 0 fully saturated rings. The van der Waals surface area contributed by atoms with E-state index in [-0.39, 0.29) is 60.4 Å². The Kier molecular flexibility index (Phi) is 5.94. The second-order valence-electron chi connectivity index (χ2n) is 10.7. The summed E-state index contributed by atoms with van der Waals surface area (Å²) in [6.07, 6.45) is -4.16. The van der Waals surface area contributed by atoms with E-state index < -0.39 is 46.8 Å². The maximum Gasteiger partial charge on any atom is 0.400 e. The number of aryl methyl sites for hydroxylation is 1. The van der Waals surface area contributed by atoms with Gasteiger partial charge in [-0.15, -0.1) is 0 Å². The first kappa shape index (κ1) is 26.9. The summed E-state index contributed by atoms with van der Waals surface area (Å²) >= 11 is 6.30. The molecule has 7 nitrogen and oxygen atoms in total. The average Bonchev–Trinajstić information content (AvgIpc) is 3.27. The van der Waals surface area contributed by atoms with Gasteiger partial charge in [-0.25, -0.2) is 9.37 Å². The molecule has 0 radical (unpaired) electrons. The lowest BCUT2D eigenvalue weighted by Gasteiger charge is -2.32. The van der Waals surface area contributed by atoms with Crippen LogP contribution in [0, 0.1) is 11.7 Å². The quantitative estimate of drug-likeness (QED) is 0.346. The summed E-state index contributed by atoms with van der Waals surface area (Å²) in [6.45, 7) is 2.43. The fraction of sp³-hybridized carbons (Fsp3) is 0.429. The van der Waals surface area contributed by atoms with Crippen LogP contribution in [0.3, 0.4) is 0 Å². The first-order valence-corrected chi connectivity index (χ1v) is 13.4. The molecule has 3 heterocycles. The standard InChI is InChI=1S/C28H24ClF4N3O4/c1-3-27(40)15-8-19-24-14(10-36(19)26(39)12(15)5-7-20(27)37)22-17(35-25(38)11(2)28(31,32)33)6-4-13-21(22)18(34-24)9-16(30)23(13)29/h8-9,11,17,40H,3-7,10H2,1-2H3,(H,35,38)/t11-,17-,27-/m0/s1. The van der Waals surface area contributed by atoms with Crippen molar-refractivity contribution >= 4 is 34.2 Å². The van der Waals surface area contributed by atoms with Crippen LogP contribution in [0.2, 0.25) is 5.02 Å². The maximum absolute atomic E-state index is 14.8. The largest absolute Gasteiger partial charge is 0.400 e. The van der Waals surface area contributed by atoms with E-state index in [0.717, 1.165) is 13.0 Å². The number of carbonyl (C=O) groups excluding carboxylic acids is 2. The molecular weight excluding hydrogens is 554 g/mol.